The lowest BCUT2D eigenvalue weighted by Gasteiger charge is -2.23. The van der Waals surface area contributed by atoms with Crippen LogP contribution >= 0.6 is 0 Å². The highest BCUT2D eigenvalue weighted by Crippen LogP contribution is 2.24. The van der Waals surface area contributed by atoms with Crippen LogP contribution in [0.5, 0.6) is 0 Å². The summed E-state index contributed by atoms with van der Waals surface area (Å²) >= 11 is 0. The van der Waals surface area contributed by atoms with Gasteiger partial charge in [0.15, 0.2) is 0 Å². The molecule has 0 bridgehead atoms. The van der Waals surface area contributed by atoms with Crippen LogP contribution in [-0.4, -0.2) is 13.4 Å². The molecule has 1 unspecified atom stereocenters. The molecule has 2 nitrogen and oxygen atoms in total. The summed E-state index contributed by atoms with van der Waals surface area (Å²) < 4.78 is 10.7. The van der Waals surface area contributed by atoms with E-state index in [0.29, 0.717) is 6.79 Å². The van der Waals surface area contributed by atoms with Crippen molar-refractivity contribution in [1.29, 1.82) is 0 Å². The summed E-state index contributed by atoms with van der Waals surface area (Å²) in [4.78, 5) is 0. The van der Waals surface area contributed by atoms with Crippen molar-refractivity contribution in [3.8, 4) is 0 Å². The van der Waals surface area contributed by atoms with Gasteiger partial charge in [0.05, 0.1) is 12.7 Å². The van der Waals surface area contributed by atoms with E-state index < -0.39 is 0 Å². The third-order valence-electron chi connectivity index (χ3n) is 3.05. The van der Waals surface area contributed by atoms with E-state index in [9.17, 15) is 0 Å². The molecule has 1 atom stereocenters. The first-order valence-corrected chi connectivity index (χ1v) is 6.18. The van der Waals surface area contributed by atoms with Crippen LogP contribution in [0.1, 0.15) is 43.4 Å². The molecule has 1 aliphatic heterocycles. The van der Waals surface area contributed by atoms with Crippen LogP contribution in [0.2, 0.25) is 0 Å². The molecular weight excluding hydrogens is 200 g/mol. The molecule has 0 spiro atoms. The SMILES string of the molecule is CCCCc1ccc(C2CCOCO2)cc1. The molecule has 16 heavy (non-hydrogen) atoms. The van der Waals surface area contributed by atoms with E-state index in [4.69, 9.17) is 9.47 Å². The maximum Gasteiger partial charge on any atom is 0.147 e. The molecule has 0 N–H and O–H groups in total. The van der Waals surface area contributed by atoms with Crippen molar-refractivity contribution in [3.05, 3.63) is 35.4 Å². The van der Waals surface area contributed by atoms with Gasteiger partial charge in [-0.25, -0.2) is 0 Å². The molecule has 1 fully saturated rings. The van der Waals surface area contributed by atoms with Crippen molar-refractivity contribution in [3.63, 3.8) is 0 Å². The number of benzene rings is 1. The van der Waals surface area contributed by atoms with E-state index >= 15 is 0 Å². The van der Waals surface area contributed by atoms with Gasteiger partial charge in [-0.2, -0.15) is 0 Å². The Hall–Kier alpha value is -0.860. The van der Waals surface area contributed by atoms with Gasteiger partial charge in [0.1, 0.15) is 6.79 Å². The Morgan fingerprint density at radius 3 is 2.69 bits per heavy atom. The summed E-state index contributed by atoms with van der Waals surface area (Å²) in [6.07, 6.45) is 4.91. The molecule has 0 aromatic heterocycles. The maximum absolute atomic E-state index is 5.56. The average Bonchev–Trinajstić information content (AvgIpc) is 2.38. The Labute approximate surface area is 97.6 Å². The molecule has 1 aromatic rings. The first-order chi connectivity index (χ1) is 7.90. The summed E-state index contributed by atoms with van der Waals surface area (Å²) in [5.41, 5.74) is 2.71. The van der Waals surface area contributed by atoms with Crippen LogP contribution < -0.4 is 0 Å². The fourth-order valence-electron chi connectivity index (χ4n) is 2.01. The van der Waals surface area contributed by atoms with E-state index in [-0.39, 0.29) is 6.10 Å². The van der Waals surface area contributed by atoms with Crippen LogP contribution in [0.15, 0.2) is 24.3 Å². The molecule has 1 aliphatic rings. The van der Waals surface area contributed by atoms with Crippen molar-refractivity contribution in [1.82, 2.24) is 0 Å². The molecule has 0 radical (unpaired) electrons. The fraction of sp³-hybridized carbons (Fsp3) is 0.571. The highest BCUT2D eigenvalue weighted by atomic mass is 16.7. The van der Waals surface area contributed by atoms with Crippen LogP contribution in [0.25, 0.3) is 0 Å². The third-order valence-corrected chi connectivity index (χ3v) is 3.05. The van der Waals surface area contributed by atoms with Crippen LogP contribution in [0.3, 0.4) is 0 Å². The second-order valence-electron chi connectivity index (χ2n) is 4.32. The second kappa shape index (κ2) is 6.02. The average molecular weight is 220 g/mol. The predicted molar refractivity (Wildman–Crippen MR) is 64.3 cm³/mol. The van der Waals surface area contributed by atoms with E-state index in [2.05, 4.69) is 31.2 Å². The van der Waals surface area contributed by atoms with Crippen molar-refractivity contribution in [2.24, 2.45) is 0 Å². The van der Waals surface area contributed by atoms with Crippen molar-refractivity contribution >= 4 is 0 Å². The summed E-state index contributed by atoms with van der Waals surface area (Å²) in [5, 5.41) is 0. The zero-order valence-corrected chi connectivity index (χ0v) is 9.95. The summed E-state index contributed by atoms with van der Waals surface area (Å²) in [5.74, 6) is 0. The van der Waals surface area contributed by atoms with Gasteiger partial charge < -0.3 is 9.47 Å². The number of hydrogen-bond acceptors (Lipinski definition) is 2. The van der Waals surface area contributed by atoms with Crippen LogP contribution in [0.4, 0.5) is 0 Å². The van der Waals surface area contributed by atoms with E-state index in [0.717, 1.165) is 13.0 Å². The molecule has 1 heterocycles. The summed E-state index contributed by atoms with van der Waals surface area (Å²) in [7, 11) is 0. The van der Waals surface area contributed by atoms with Gasteiger partial charge in [0.25, 0.3) is 0 Å². The molecule has 0 aliphatic carbocycles. The number of hydrogen-bond donors (Lipinski definition) is 0. The van der Waals surface area contributed by atoms with E-state index in [1.54, 1.807) is 0 Å². The topological polar surface area (TPSA) is 18.5 Å². The van der Waals surface area contributed by atoms with Crippen molar-refractivity contribution in [2.75, 3.05) is 13.4 Å². The second-order valence-corrected chi connectivity index (χ2v) is 4.32. The molecule has 2 heteroatoms. The highest BCUT2D eigenvalue weighted by Gasteiger charge is 2.15. The zero-order chi connectivity index (χ0) is 11.2. The van der Waals surface area contributed by atoms with Gasteiger partial charge in [0, 0.05) is 6.42 Å². The molecule has 1 saturated heterocycles. The normalized spacial score (nSPS) is 20.9. The smallest absolute Gasteiger partial charge is 0.147 e. The Morgan fingerprint density at radius 1 is 1.25 bits per heavy atom. The maximum atomic E-state index is 5.56. The number of aryl methyl sites for hydroxylation is 1. The molecule has 2 rings (SSSR count). The quantitative estimate of drug-likeness (QED) is 0.773. The van der Waals surface area contributed by atoms with Gasteiger partial charge in [0.2, 0.25) is 0 Å². The Kier molecular flexibility index (Phi) is 4.37. The minimum Gasteiger partial charge on any atom is -0.355 e. The van der Waals surface area contributed by atoms with Crippen molar-refractivity contribution < 1.29 is 9.47 Å². The first-order valence-electron chi connectivity index (χ1n) is 6.18. The highest BCUT2D eigenvalue weighted by molar-refractivity contribution is 5.24. The van der Waals surface area contributed by atoms with Crippen molar-refractivity contribution in [2.45, 2.75) is 38.7 Å². The number of ether oxygens (including phenoxy) is 2. The van der Waals surface area contributed by atoms with Gasteiger partial charge in [-0.05, 0) is 24.0 Å². The Balaban J connectivity index is 1.95. The van der Waals surface area contributed by atoms with Gasteiger partial charge in [-0.1, -0.05) is 37.6 Å². The summed E-state index contributed by atoms with van der Waals surface area (Å²) in [6, 6.07) is 8.84. The van der Waals surface area contributed by atoms with E-state index in [1.807, 2.05) is 0 Å². The third kappa shape index (κ3) is 3.06. The molecular formula is C14H20O2. The molecule has 0 saturated carbocycles. The minimum absolute atomic E-state index is 0.231. The first kappa shape index (κ1) is 11.6. The van der Waals surface area contributed by atoms with Crippen LogP contribution in [0, 0.1) is 0 Å². The molecule has 88 valence electrons. The van der Waals surface area contributed by atoms with E-state index in [1.165, 1.54) is 30.4 Å². The Morgan fingerprint density at radius 2 is 2.06 bits per heavy atom. The van der Waals surface area contributed by atoms with Crippen LogP contribution in [-0.2, 0) is 15.9 Å². The molecule has 0 amide bonds. The van der Waals surface area contributed by atoms with Gasteiger partial charge >= 0.3 is 0 Å². The standard InChI is InChI=1S/C14H20O2/c1-2-3-4-12-5-7-13(8-6-12)14-9-10-15-11-16-14/h5-8,14H,2-4,9-11H2,1H3. The lowest BCUT2D eigenvalue weighted by atomic mass is 10.0. The zero-order valence-electron chi connectivity index (χ0n) is 9.95. The fourth-order valence-corrected chi connectivity index (χ4v) is 2.01. The Bertz CT molecular complexity index is 299. The van der Waals surface area contributed by atoms with Gasteiger partial charge in [-0.15, -0.1) is 0 Å². The largest absolute Gasteiger partial charge is 0.355 e. The number of unbranched alkanes of at least 4 members (excludes halogenated alkanes) is 1. The van der Waals surface area contributed by atoms with Gasteiger partial charge in [-0.3, -0.25) is 0 Å². The lowest BCUT2D eigenvalue weighted by molar-refractivity contribution is -0.140. The predicted octanol–water partition coefficient (Wildman–Crippen LogP) is 3.46. The number of rotatable bonds is 4. The minimum atomic E-state index is 0.231. The lowest BCUT2D eigenvalue weighted by Crippen LogP contribution is -2.16. The molecule has 1 aromatic carbocycles. The summed E-state index contributed by atoms with van der Waals surface area (Å²) in [6.45, 7) is 3.47. The monoisotopic (exact) mass is 220 g/mol.